The number of carbonyl (C=O) groups is 1. The lowest BCUT2D eigenvalue weighted by atomic mass is 9.94. The highest BCUT2D eigenvalue weighted by molar-refractivity contribution is 6.11. The Morgan fingerprint density at radius 2 is 1.19 bits per heavy atom. The van der Waals surface area contributed by atoms with Crippen molar-refractivity contribution in [1.29, 1.82) is 0 Å². The highest BCUT2D eigenvalue weighted by atomic mass is 16.2. The number of aryl methyl sites for hydroxylation is 2. The van der Waals surface area contributed by atoms with E-state index in [-0.39, 0.29) is 5.91 Å². The Bertz CT molecular complexity index is 978. The summed E-state index contributed by atoms with van der Waals surface area (Å²) in [5.41, 5.74) is 7.45. The Balaban J connectivity index is 1.96. The van der Waals surface area contributed by atoms with Crippen LogP contribution in [0.5, 0.6) is 0 Å². The van der Waals surface area contributed by atoms with E-state index in [1.165, 1.54) is 11.1 Å². The maximum Gasteiger partial charge on any atom is 0.255 e. The number of allylic oxidation sites excluding steroid dienone is 1. The summed E-state index contributed by atoms with van der Waals surface area (Å²) in [4.78, 5) is 14.5. The molecule has 27 heavy (non-hydrogen) atoms. The fourth-order valence-corrected chi connectivity index (χ4v) is 3.36. The lowest BCUT2D eigenvalue weighted by Crippen LogP contribution is -2.24. The highest BCUT2D eigenvalue weighted by Gasteiger charge is 2.26. The van der Waals surface area contributed by atoms with Gasteiger partial charge < -0.3 is 0 Å². The molecule has 0 fully saturated rings. The van der Waals surface area contributed by atoms with E-state index in [0.717, 1.165) is 28.1 Å². The van der Waals surface area contributed by atoms with Gasteiger partial charge >= 0.3 is 0 Å². The normalized spacial score (nSPS) is 13.3. The van der Waals surface area contributed by atoms with Crippen LogP contribution in [-0.4, -0.2) is 5.91 Å². The fraction of sp³-hybridized carbons (Fsp3) is 0.0800. The van der Waals surface area contributed by atoms with Crippen molar-refractivity contribution < 1.29 is 4.79 Å². The first kappa shape index (κ1) is 17.0. The Labute approximate surface area is 160 Å². The van der Waals surface area contributed by atoms with Gasteiger partial charge in [0.2, 0.25) is 0 Å². The Kier molecular flexibility index (Phi) is 4.47. The van der Waals surface area contributed by atoms with E-state index >= 15 is 0 Å². The van der Waals surface area contributed by atoms with Crippen LogP contribution in [0.3, 0.4) is 0 Å². The van der Waals surface area contributed by atoms with Crippen LogP contribution in [-0.2, 0) is 4.79 Å². The van der Waals surface area contributed by atoms with Gasteiger partial charge in [-0.2, -0.15) is 0 Å². The summed E-state index contributed by atoms with van der Waals surface area (Å²) < 4.78 is 0. The monoisotopic (exact) mass is 351 g/mol. The van der Waals surface area contributed by atoms with E-state index in [9.17, 15) is 4.79 Å². The molecule has 0 aliphatic carbocycles. The molecule has 1 aliphatic heterocycles. The summed E-state index contributed by atoms with van der Waals surface area (Å²) in [6, 6.07) is 26.7. The third-order valence-corrected chi connectivity index (χ3v) is 4.80. The van der Waals surface area contributed by atoms with Gasteiger partial charge in [0.25, 0.3) is 5.91 Å². The molecular formula is C25H21NO. The molecule has 0 radical (unpaired) electrons. The fourth-order valence-electron chi connectivity index (χ4n) is 3.36. The van der Waals surface area contributed by atoms with Gasteiger partial charge in [-0.15, -0.1) is 0 Å². The minimum absolute atomic E-state index is 0.0204. The van der Waals surface area contributed by atoms with E-state index in [2.05, 4.69) is 62.4 Å². The zero-order chi connectivity index (χ0) is 18.8. The van der Waals surface area contributed by atoms with Crippen LogP contribution < -0.4 is 4.90 Å². The molecule has 4 rings (SSSR count). The van der Waals surface area contributed by atoms with Crippen molar-refractivity contribution in [3.63, 3.8) is 0 Å². The van der Waals surface area contributed by atoms with E-state index in [0.29, 0.717) is 0 Å². The molecule has 0 N–H and O–H groups in total. The lowest BCUT2D eigenvalue weighted by Gasteiger charge is -2.22. The first-order valence-corrected chi connectivity index (χ1v) is 9.09. The minimum atomic E-state index is -0.0204. The summed E-state index contributed by atoms with van der Waals surface area (Å²) in [6.07, 6.45) is 3.56. The van der Waals surface area contributed by atoms with Crippen LogP contribution in [0.1, 0.15) is 22.3 Å². The SMILES string of the molecule is Cc1ccc(C(=C2C=CC(=O)N2c2ccccc2)c2ccc(C)cc2)cc1. The highest BCUT2D eigenvalue weighted by Crippen LogP contribution is 2.35. The van der Waals surface area contributed by atoms with Crippen molar-refractivity contribution in [1.82, 2.24) is 0 Å². The van der Waals surface area contributed by atoms with E-state index in [1.807, 2.05) is 36.4 Å². The Morgan fingerprint density at radius 1 is 0.667 bits per heavy atom. The van der Waals surface area contributed by atoms with Crippen molar-refractivity contribution in [3.05, 3.63) is 119 Å². The zero-order valence-electron chi connectivity index (χ0n) is 15.5. The van der Waals surface area contributed by atoms with Crippen LogP contribution in [0, 0.1) is 13.8 Å². The van der Waals surface area contributed by atoms with Crippen LogP contribution in [0.4, 0.5) is 5.69 Å². The van der Waals surface area contributed by atoms with Crippen LogP contribution >= 0.6 is 0 Å². The first-order chi connectivity index (χ1) is 13.1. The quantitative estimate of drug-likeness (QED) is 0.596. The smallest absolute Gasteiger partial charge is 0.255 e. The molecule has 1 amide bonds. The van der Waals surface area contributed by atoms with Crippen molar-refractivity contribution >= 4 is 17.2 Å². The standard InChI is InChI=1S/C25H21NO/c1-18-8-12-20(13-9-18)25(21-14-10-19(2)11-15-21)23-16-17-24(27)26(23)22-6-4-3-5-7-22/h3-17H,1-2H3. The van der Waals surface area contributed by atoms with Crippen LogP contribution in [0.2, 0.25) is 0 Å². The maximum atomic E-state index is 12.7. The Hall–Kier alpha value is -3.39. The van der Waals surface area contributed by atoms with Crippen molar-refractivity contribution in [3.8, 4) is 0 Å². The molecule has 3 aromatic carbocycles. The molecule has 132 valence electrons. The Morgan fingerprint density at radius 3 is 1.70 bits per heavy atom. The van der Waals surface area contributed by atoms with E-state index in [1.54, 1.807) is 11.0 Å². The molecule has 0 aromatic heterocycles. The maximum absolute atomic E-state index is 12.7. The number of hydrogen-bond donors (Lipinski definition) is 0. The third-order valence-electron chi connectivity index (χ3n) is 4.80. The molecule has 0 saturated heterocycles. The van der Waals surface area contributed by atoms with Crippen molar-refractivity contribution in [2.24, 2.45) is 0 Å². The molecule has 3 aromatic rings. The lowest BCUT2D eigenvalue weighted by molar-refractivity contribution is -0.113. The largest absolute Gasteiger partial charge is 0.277 e. The summed E-state index contributed by atoms with van der Waals surface area (Å²) >= 11 is 0. The van der Waals surface area contributed by atoms with Gasteiger partial charge in [0, 0.05) is 17.3 Å². The molecular weight excluding hydrogens is 330 g/mol. The molecule has 2 nitrogen and oxygen atoms in total. The van der Waals surface area contributed by atoms with Crippen LogP contribution in [0.15, 0.2) is 96.7 Å². The van der Waals surface area contributed by atoms with Gasteiger partial charge in [-0.1, -0.05) is 77.9 Å². The third kappa shape index (κ3) is 3.34. The van der Waals surface area contributed by atoms with Gasteiger partial charge in [0.15, 0.2) is 0 Å². The minimum Gasteiger partial charge on any atom is -0.277 e. The van der Waals surface area contributed by atoms with Gasteiger partial charge in [-0.25, -0.2) is 0 Å². The van der Waals surface area contributed by atoms with E-state index in [4.69, 9.17) is 0 Å². The van der Waals surface area contributed by atoms with E-state index < -0.39 is 0 Å². The predicted octanol–water partition coefficient (Wildman–Crippen LogP) is 5.67. The average molecular weight is 351 g/mol. The summed E-state index contributed by atoms with van der Waals surface area (Å²) in [5.74, 6) is -0.0204. The second kappa shape index (κ2) is 7.08. The molecule has 0 atom stereocenters. The first-order valence-electron chi connectivity index (χ1n) is 9.09. The number of nitrogens with zero attached hydrogens (tertiary/aromatic N) is 1. The summed E-state index contributed by atoms with van der Waals surface area (Å²) in [6.45, 7) is 4.16. The molecule has 0 bridgehead atoms. The second-order valence-corrected chi connectivity index (χ2v) is 6.83. The number of hydrogen-bond acceptors (Lipinski definition) is 1. The number of anilines is 1. The molecule has 0 spiro atoms. The number of benzene rings is 3. The summed E-state index contributed by atoms with van der Waals surface area (Å²) in [7, 11) is 0. The van der Waals surface area contributed by atoms with Crippen LogP contribution in [0.25, 0.3) is 5.57 Å². The average Bonchev–Trinajstić information content (AvgIpc) is 3.07. The second-order valence-electron chi connectivity index (χ2n) is 6.83. The molecule has 1 heterocycles. The van der Waals surface area contributed by atoms with Gasteiger partial charge in [-0.05, 0) is 43.2 Å². The number of amides is 1. The predicted molar refractivity (Wildman–Crippen MR) is 111 cm³/mol. The molecule has 1 aliphatic rings. The molecule has 2 heteroatoms. The topological polar surface area (TPSA) is 20.3 Å². The van der Waals surface area contributed by atoms with Crippen molar-refractivity contribution in [2.75, 3.05) is 4.90 Å². The van der Waals surface area contributed by atoms with Crippen molar-refractivity contribution in [2.45, 2.75) is 13.8 Å². The van der Waals surface area contributed by atoms with Gasteiger partial charge in [0.1, 0.15) is 0 Å². The molecule has 0 saturated carbocycles. The van der Waals surface area contributed by atoms with Gasteiger partial charge in [-0.3, -0.25) is 9.69 Å². The number of carbonyl (C=O) groups excluding carboxylic acids is 1. The number of rotatable bonds is 3. The van der Waals surface area contributed by atoms with Gasteiger partial charge in [0.05, 0.1) is 5.70 Å². The zero-order valence-corrected chi connectivity index (χ0v) is 15.5. The molecule has 0 unspecified atom stereocenters. The number of para-hydroxylation sites is 1. The summed E-state index contributed by atoms with van der Waals surface area (Å²) in [5, 5.41) is 0.